The predicted octanol–water partition coefficient (Wildman–Crippen LogP) is 1.27. The Morgan fingerprint density at radius 1 is 1.57 bits per heavy atom. The number of allylic oxidation sites excluding steroid dienone is 1. The fourth-order valence-corrected chi connectivity index (χ4v) is 1.41. The van der Waals surface area contributed by atoms with Gasteiger partial charge in [0.1, 0.15) is 0 Å². The van der Waals surface area contributed by atoms with Gasteiger partial charge in [-0.1, -0.05) is 24.6 Å². The first kappa shape index (κ1) is 10.9. The van der Waals surface area contributed by atoms with E-state index in [-0.39, 0.29) is 0 Å². The number of aromatic nitrogens is 3. The monoisotopic (exact) mass is 194 g/mol. The van der Waals surface area contributed by atoms with Crippen LogP contribution in [0.1, 0.15) is 31.2 Å². The summed E-state index contributed by atoms with van der Waals surface area (Å²) in [6.45, 7) is 7.05. The lowest BCUT2D eigenvalue weighted by atomic mass is 10.1. The second kappa shape index (κ2) is 5.54. The van der Waals surface area contributed by atoms with E-state index in [1.54, 1.807) is 0 Å². The molecule has 0 aliphatic rings. The number of rotatable bonds is 6. The third-order valence-electron chi connectivity index (χ3n) is 2.18. The van der Waals surface area contributed by atoms with Crippen LogP contribution < -0.4 is 5.73 Å². The van der Waals surface area contributed by atoms with E-state index in [1.807, 2.05) is 10.8 Å². The highest BCUT2D eigenvalue weighted by molar-refractivity contribution is 5.10. The third-order valence-corrected chi connectivity index (χ3v) is 2.18. The fourth-order valence-electron chi connectivity index (χ4n) is 1.41. The molecule has 4 heteroatoms. The van der Waals surface area contributed by atoms with E-state index in [4.69, 9.17) is 5.73 Å². The van der Waals surface area contributed by atoms with Crippen molar-refractivity contribution in [3.05, 3.63) is 24.0 Å². The van der Waals surface area contributed by atoms with Crippen molar-refractivity contribution in [2.24, 2.45) is 5.73 Å². The second-order valence-electron chi connectivity index (χ2n) is 3.26. The van der Waals surface area contributed by atoms with Crippen molar-refractivity contribution < 1.29 is 0 Å². The zero-order valence-electron chi connectivity index (χ0n) is 8.74. The van der Waals surface area contributed by atoms with Crippen LogP contribution in [0.4, 0.5) is 0 Å². The number of hydrogen-bond donors (Lipinski definition) is 1. The highest BCUT2D eigenvalue weighted by atomic mass is 15.4. The molecular formula is C10H18N4. The van der Waals surface area contributed by atoms with Gasteiger partial charge in [0.25, 0.3) is 0 Å². The van der Waals surface area contributed by atoms with Crippen LogP contribution in [0.3, 0.4) is 0 Å². The highest BCUT2D eigenvalue weighted by Crippen LogP contribution is 2.09. The molecule has 0 radical (unpaired) electrons. The lowest BCUT2D eigenvalue weighted by molar-refractivity contribution is 0.615. The van der Waals surface area contributed by atoms with Gasteiger partial charge in [-0.15, -0.1) is 11.7 Å². The average molecular weight is 194 g/mol. The molecule has 0 spiro atoms. The molecule has 0 aromatic carbocycles. The molecule has 0 bridgehead atoms. The van der Waals surface area contributed by atoms with Crippen molar-refractivity contribution in [2.45, 2.75) is 39.3 Å². The second-order valence-corrected chi connectivity index (χ2v) is 3.26. The van der Waals surface area contributed by atoms with Crippen LogP contribution in [0.2, 0.25) is 0 Å². The van der Waals surface area contributed by atoms with Gasteiger partial charge in [-0.3, -0.25) is 0 Å². The van der Waals surface area contributed by atoms with Crippen LogP contribution >= 0.6 is 0 Å². The van der Waals surface area contributed by atoms with Crippen molar-refractivity contribution in [2.75, 3.05) is 0 Å². The SMILES string of the molecule is C=CCn1nnc(CN)c1CCCC. The number of unbranched alkanes of at least 4 members (excludes halogenated alkanes) is 1. The molecule has 0 aliphatic heterocycles. The Morgan fingerprint density at radius 3 is 2.93 bits per heavy atom. The molecule has 2 N–H and O–H groups in total. The Bertz CT molecular complexity index is 290. The van der Waals surface area contributed by atoms with Crippen LogP contribution in [-0.2, 0) is 19.5 Å². The lowest BCUT2D eigenvalue weighted by Crippen LogP contribution is -2.07. The molecule has 0 amide bonds. The fraction of sp³-hybridized carbons (Fsp3) is 0.600. The van der Waals surface area contributed by atoms with Gasteiger partial charge >= 0.3 is 0 Å². The van der Waals surface area contributed by atoms with E-state index < -0.39 is 0 Å². The Hall–Kier alpha value is -1.16. The molecule has 0 unspecified atom stereocenters. The molecular weight excluding hydrogens is 176 g/mol. The molecule has 78 valence electrons. The van der Waals surface area contributed by atoms with E-state index in [0.29, 0.717) is 13.1 Å². The minimum atomic E-state index is 0.468. The lowest BCUT2D eigenvalue weighted by Gasteiger charge is -2.04. The summed E-state index contributed by atoms with van der Waals surface area (Å²) in [5.74, 6) is 0. The highest BCUT2D eigenvalue weighted by Gasteiger charge is 2.09. The van der Waals surface area contributed by atoms with Gasteiger partial charge in [0.2, 0.25) is 0 Å². The standard InChI is InChI=1S/C10H18N4/c1-3-5-6-10-9(8-11)12-13-14(10)7-4-2/h4H,2-3,5-8,11H2,1H3. The summed E-state index contributed by atoms with van der Waals surface area (Å²) < 4.78 is 1.88. The van der Waals surface area contributed by atoms with E-state index in [2.05, 4.69) is 23.8 Å². The van der Waals surface area contributed by atoms with Gasteiger partial charge in [0.05, 0.1) is 17.9 Å². The molecule has 1 aromatic rings. The van der Waals surface area contributed by atoms with Gasteiger partial charge in [-0.2, -0.15) is 0 Å². The van der Waals surface area contributed by atoms with Crippen LogP contribution in [0.15, 0.2) is 12.7 Å². The summed E-state index contributed by atoms with van der Waals surface area (Å²) >= 11 is 0. The van der Waals surface area contributed by atoms with Gasteiger partial charge in [-0.25, -0.2) is 4.68 Å². The van der Waals surface area contributed by atoms with E-state index >= 15 is 0 Å². The number of nitrogens with zero attached hydrogens (tertiary/aromatic N) is 3. The van der Waals surface area contributed by atoms with Crippen LogP contribution in [0.25, 0.3) is 0 Å². The van der Waals surface area contributed by atoms with Crippen molar-refractivity contribution >= 4 is 0 Å². The van der Waals surface area contributed by atoms with Gasteiger partial charge in [-0.05, 0) is 12.8 Å². The first-order valence-corrected chi connectivity index (χ1v) is 5.05. The minimum Gasteiger partial charge on any atom is -0.325 e. The van der Waals surface area contributed by atoms with E-state index in [1.165, 1.54) is 6.42 Å². The summed E-state index contributed by atoms with van der Waals surface area (Å²) in [5, 5.41) is 8.09. The molecule has 0 saturated heterocycles. The Kier molecular flexibility index (Phi) is 4.32. The molecule has 14 heavy (non-hydrogen) atoms. The molecule has 1 heterocycles. The smallest absolute Gasteiger partial charge is 0.0994 e. The number of nitrogens with two attached hydrogens (primary N) is 1. The average Bonchev–Trinajstić information content (AvgIpc) is 2.58. The molecule has 0 aliphatic carbocycles. The molecule has 0 saturated carbocycles. The Morgan fingerprint density at radius 2 is 2.36 bits per heavy atom. The maximum absolute atomic E-state index is 5.59. The molecule has 1 rings (SSSR count). The van der Waals surface area contributed by atoms with Crippen LogP contribution in [0, 0.1) is 0 Å². The zero-order valence-corrected chi connectivity index (χ0v) is 8.74. The van der Waals surface area contributed by atoms with Crippen molar-refractivity contribution in [1.29, 1.82) is 0 Å². The quantitative estimate of drug-likeness (QED) is 0.694. The van der Waals surface area contributed by atoms with Gasteiger partial charge in [0, 0.05) is 6.54 Å². The van der Waals surface area contributed by atoms with E-state index in [0.717, 1.165) is 24.2 Å². The van der Waals surface area contributed by atoms with Crippen LogP contribution in [-0.4, -0.2) is 15.0 Å². The first-order valence-electron chi connectivity index (χ1n) is 5.05. The van der Waals surface area contributed by atoms with Gasteiger partial charge < -0.3 is 5.73 Å². The van der Waals surface area contributed by atoms with Crippen molar-refractivity contribution in [3.8, 4) is 0 Å². The maximum atomic E-state index is 5.59. The molecule has 0 fully saturated rings. The predicted molar refractivity (Wildman–Crippen MR) is 56.7 cm³/mol. The van der Waals surface area contributed by atoms with Crippen LogP contribution in [0.5, 0.6) is 0 Å². The summed E-state index contributed by atoms with van der Waals surface area (Å²) in [4.78, 5) is 0. The first-order chi connectivity index (χ1) is 6.83. The maximum Gasteiger partial charge on any atom is 0.0994 e. The summed E-state index contributed by atoms with van der Waals surface area (Å²) in [6, 6.07) is 0. The summed E-state index contributed by atoms with van der Waals surface area (Å²) in [5.41, 5.74) is 7.67. The summed E-state index contributed by atoms with van der Waals surface area (Å²) in [7, 11) is 0. The molecule has 1 aromatic heterocycles. The topological polar surface area (TPSA) is 56.7 Å². The van der Waals surface area contributed by atoms with Crippen molar-refractivity contribution in [1.82, 2.24) is 15.0 Å². The Balaban J connectivity index is 2.81. The normalized spacial score (nSPS) is 10.4. The number of hydrogen-bond acceptors (Lipinski definition) is 3. The van der Waals surface area contributed by atoms with Crippen molar-refractivity contribution in [3.63, 3.8) is 0 Å². The van der Waals surface area contributed by atoms with Gasteiger partial charge in [0.15, 0.2) is 0 Å². The molecule has 4 nitrogen and oxygen atoms in total. The third kappa shape index (κ3) is 2.42. The Labute approximate surface area is 84.8 Å². The molecule has 0 atom stereocenters. The van der Waals surface area contributed by atoms with E-state index in [9.17, 15) is 0 Å². The zero-order chi connectivity index (χ0) is 10.4. The minimum absolute atomic E-state index is 0.468. The summed E-state index contributed by atoms with van der Waals surface area (Å²) in [6.07, 6.45) is 5.15. The largest absolute Gasteiger partial charge is 0.325 e.